The maximum atomic E-state index is 12.8. The van der Waals surface area contributed by atoms with Gasteiger partial charge in [-0.3, -0.25) is 9.78 Å². The van der Waals surface area contributed by atoms with Crippen molar-refractivity contribution in [2.75, 3.05) is 24.3 Å². The third-order valence-corrected chi connectivity index (χ3v) is 5.37. The molecule has 2 aromatic carbocycles. The van der Waals surface area contributed by atoms with Gasteiger partial charge in [-0.1, -0.05) is 18.2 Å². The van der Waals surface area contributed by atoms with Crippen LogP contribution in [0, 0.1) is 0 Å². The molecule has 162 valence electrons. The Bertz CT molecular complexity index is 1440. The summed E-state index contributed by atoms with van der Waals surface area (Å²) in [5, 5.41) is 7.76. The van der Waals surface area contributed by atoms with Crippen LogP contribution >= 0.6 is 0 Å². The number of pyridine rings is 1. The van der Waals surface area contributed by atoms with Gasteiger partial charge >= 0.3 is 0 Å². The average molecular weight is 435 g/mol. The molecular weight excluding hydrogens is 412 g/mol. The second-order valence-electron chi connectivity index (χ2n) is 7.85. The molecule has 0 radical (unpaired) electrons. The lowest BCUT2D eigenvalue weighted by molar-refractivity contribution is 0.102. The molecule has 0 saturated heterocycles. The van der Waals surface area contributed by atoms with E-state index in [0.717, 1.165) is 33.8 Å². The number of nitrogens with one attached hydrogen (secondary N) is 1. The van der Waals surface area contributed by atoms with Crippen LogP contribution in [-0.2, 0) is 0 Å². The first-order valence-corrected chi connectivity index (χ1v) is 10.5. The first-order chi connectivity index (χ1) is 16.1. The highest BCUT2D eigenvalue weighted by Crippen LogP contribution is 2.26. The second kappa shape index (κ2) is 8.55. The van der Waals surface area contributed by atoms with Crippen LogP contribution in [0.15, 0.2) is 91.4 Å². The molecule has 7 nitrogen and oxygen atoms in total. The molecule has 5 rings (SSSR count). The third-order valence-electron chi connectivity index (χ3n) is 5.37. The quantitative estimate of drug-likeness (QED) is 0.431. The molecule has 0 saturated carbocycles. The Balaban J connectivity index is 1.46. The van der Waals surface area contributed by atoms with Crippen molar-refractivity contribution in [1.29, 1.82) is 0 Å². The molecule has 0 aliphatic carbocycles. The lowest BCUT2D eigenvalue weighted by Crippen LogP contribution is -2.14. The molecule has 5 aromatic rings. The summed E-state index contributed by atoms with van der Waals surface area (Å²) < 4.78 is 1.82. The summed E-state index contributed by atoms with van der Waals surface area (Å²) in [6.45, 7) is 0. The predicted octanol–water partition coefficient (Wildman–Crippen LogP) is 4.78. The van der Waals surface area contributed by atoms with Gasteiger partial charge in [-0.15, -0.1) is 0 Å². The Labute approximate surface area is 191 Å². The molecule has 1 N–H and O–H groups in total. The van der Waals surface area contributed by atoms with Crippen LogP contribution in [0.1, 0.15) is 10.4 Å². The summed E-state index contributed by atoms with van der Waals surface area (Å²) in [4.78, 5) is 23.3. The molecule has 0 aliphatic heterocycles. The number of carbonyl (C=O) groups is 1. The van der Waals surface area contributed by atoms with Crippen molar-refractivity contribution in [1.82, 2.24) is 19.6 Å². The van der Waals surface area contributed by atoms with Crippen LogP contribution in [0.25, 0.3) is 28.2 Å². The fraction of sp³-hybridized carbons (Fsp3) is 0.0769. The van der Waals surface area contributed by atoms with Crippen LogP contribution in [0.5, 0.6) is 0 Å². The first kappa shape index (κ1) is 20.4. The van der Waals surface area contributed by atoms with Crippen molar-refractivity contribution in [2.45, 2.75) is 0 Å². The Kier molecular flexibility index (Phi) is 5.28. The number of amides is 1. The summed E-state index contributed by atoms with van der Waals surface area (Å²) >= 11 is 0. The number of rotatable bonds is 5. The lowest BCUT2D eigenvalue weighted by Gasteiger charge is -2.14. The van der Waals surface area contributed by atoms with Crippen molar-refractivity contribution in [3.05, 3.63) is 97.0 Å². The number of aromatic nitrogens is 4. The van der Waals surface area contributed by atoms with E-state index in [9.17, 15) is 4.79 Å². The van der Waals surface area contributed by atoms with Gasteiger partial charge in [0.25, 0.3) is 5.91 Å². The van der Waals surface area contributed by atoms with Gasteiger partial charge in [0.1, 0.15) is 0 Å². The Hall–Kier alpha value is -4.52. The lowest BCUT2D eigenvalue weighted by atomic mass is 10.1. The molecule has 33 heavy (non-hydrogen) atoms. The van der Waals surface area contributed by atoms with Gasteiger partial charge in [0, 0.05) is 66.8 Å². The molecule has 1 amide bonds. The number of hydrogen-bond acceptors (Lipinski definition) is 5. The zero-order chi connectivity index (χ0) is 22.8. The highest BCUT2D eigenvalue weighted by atomic mass is 16.1. The molecule has 0 bridgehead atoms. The van der Waals surface area contributed by atoms with Crippen molar-refractivity contribution >= 4 is 22.9 Å². The van der Waals surface area contributed by atoms with Gasteiger partial charge in [-0.05, 0) is 48.5 Å². The highest BCUT2D eigenvalue weighted by molar-refractivity contribution is 6.05. The predicted molar refractivity (Wildman–Crippen MR) is 130 cm³/mol. The normalized spacial score (nSPS) is 10.8. The van der Waals surface area contributed by atoms with E-state index in [4.69, 9.17) is 5.10 Å². The van der Waals surface area contributed by atoms with Crippen molar-refractivity contribution in [3.8, 4) is 22.5 Å². The SMILES string of the molecule is CN(C)c1cccc(C(=O)Nc2cccc(-c3ccnc4cc(-c5ccncc5)nn34)c2)c1. The summed E-state index contributed by atoms with van der Waals surface area (Å²) in [7, 11) is 3.90. The maximum absolute atomic E-state index is 12.8. The topological polar surface area (TPSA) is 75.4 Å². The standard InChI is InChI=1S/C26H22N6O/c1-31(2)22-8-4-6-20(16-22)26(33)29-21-7-3-5-19(15-21)24-11-14-28-25-17-23(30-32(24)25)18-9-12-27-13-10-18/h3-17H,1-2H3,(H,29,33). The van der Waals surface area contributed by atoms with Crippen LogP contribution in [0.3, 0.4) is 0 Å². The van der Waals surface area contributed by atoms with Gasteiger partial charge in [0.05, 0.1) is 11.4 Å². The van der Waals surface area contributed by atoms with E-state index in [0.29, 0.717) is 11.3 Å². The zero-order valence-corrected chi connectivity index (χ0v) is 18.3. The number of hydrogen-bond donors (Lipinski definition) is 1. The molecule has 7 heteroatoms. The van der Waals surface area contributed by atoms with Gasteiger partial charge in [-0.2, -0.15) is 5.10 Å². The van der Waals surface area contributed by atoms with Crippen molar-refractivity contribution in [2.24, 2.45) is 0 Å². The molecule has 0 atom stereocenters. The van der Waals surface area contributed by atoms with Gasteiger partial charge in [-0.25, -0.2) is 9.50 Å². The largest absolute Gasteiger partial charge is 0.378 e. The van der Waals surface area contributed by atoms with E-state index >= 15 is 0 Å². The zero-order valence-electron chi connectivity index (χ0n) is 18.3. The summed E-state index contributed by atoms with van der Waals surface area (Å²) in [5.74, 6) is -0.158. The average Bonchev–Trinajstić information content (AvgIpc) is 3.29. The van der Waals surface area contributed by atoms with Crippen LogP contribution in [0.2, 0.25) is 0 Å². The summed E-state index contributed by atoms with van der Waals surface area (Å²) in [6.07, 6.45) is 5.25. The van der Waals surface area contributed by atoms with Crippen LogP contribution in [0.4, 0.5) is 11.4 Å². The minimum Gasteiger partial charge on any atom is -0.378 e. The number of carbonyl (C=O) groups excluding carboxylic acids is 1. The third kappa shape index (κ3) is 4.16. The maximum Gasteiger partial charge on any atom is 0.255 e. The minimum absolute atomic E-state index is 0.158. The van der Waals surface area contributed by atoms with E-state index in [2.05, 4.69) is 15.3 Å². The van der Waals surface area contributed by atoms with Gasteiger partial charge in [0.2, 0.25) is 0 Å². The Morgan fingerprint density at radius 3 is 2.52 bits per heavy atom. The fourth-order valence-electron chi connectivity index (χ4n) is 3.66. The van der Waals surface area contributed by atoms with Crippen LogP contribution < -0.4 is 10.2 Å². The van der Waals surface area contributed by atoms with Gasteiger partial charge in [0.15, 0.2) is 5.65 Å². The van der Waals surface area contributed by atoms with Crippen molar-refractivity contribution < 1.29 is 4.79 Å². The summed E-state index contributed by atoms with van der Waals surface area (Å²) in [5.41, 5.74) is 6.63. The Morgan fingerprint density at radius 2 is 1.70 bits per heavy atom. The minimum atomic E-state index is -0.158. The molecule has 3 heterocycles. The van der Waals surface area contributed by atoms with E-state index < -0.39 is 0 Å². The number of benzene rings is 2. The number of anilines is 2. The van der Waals surface area contributed by atoms with Gasteiger partial charge < -0.3 is 10.2 Å². The molecule has 0 spiro atoms. The van der Waals surface area contributed by atoms with Crippen LogP contribution in [-0.4, -0.2) is 39.6 Å². The van der Waals surface area contributed by atoms with E-state index in [1.165, 1.54) is 0 Å². The molecule has 0 unspecified atom stereocenters. The monoisotopic (exact) mass is 434 g/mol. The van der Waals surface area contributed by atoms with E-state index in [1.54, 1.807) is 18.6 Å². The molecular formula is C26H22N6O. The molecule has 0 aliphatic rings. The van der Waals surface area contributed by atoms with Crippen molar-refractivity contribution in [3.63, 3.8) is 0 Å². The van der Waals surface area contributed by atoms with E-state index in [1.807, 2.05) is 96.3 Å². The fourth-order valence-corrected chi connectivity index (χ4v) is 3.66. The van der Waals surface area contributed by atoms with E-state index in [-0.39, 0.29) is 5.91 Å². The second-order valence-corrected chi connectivity index (χ2v) is 7.85. The Morgan fingerprint density at radius 1 is 0.879 bits per heavy atom. The number of nitrogens with zero attached hydrogens (tertiary/aromatic N) is 5. The molecule has 0 fully saturated rings. The summed E-state index contributed by atoms with van der Waals surface area (Å²) in [6, 6.07) is 23.0. The first-order valence-electron chi connectivity index (χ1n) is 10.5. The number of fused-ring (bicyclic) bond motifs is 1. The highest BCUT2D eigenvalue weighted by Gasteiger charge is 2.12. The molecule has 3 aromatic heterocycles. The smallest absolute Gasteiger partial charge is 0.255 e.